The summed E-state index contributed by atoms with van der Waals surface area (Å²) in [7, 11) is -3.51. The quantitative estimate of drug-likeness (QED) is 0.878. The van der Waals surface area contributed by atoms with Gasteiger partial charge in [0, 0.05) is 5.02 Å². The van der Waals surface area contributed by atoms with E-state index in [9.17, 15) is 13.2 Å². The van der Waals surface area contributed by atoms with Crippen LogP contribution >= 0.6 is 11.6 Å². The average Bonchev–Trinajstić information content (AvgIpc) is 2.16. The van der Waals surface area contributed by atoms with Gasteiger partial charge in [-0.05, 0) is 24.3 Å². The van der Waals surface area contributed by atoms with Crippen LogP contribution in [0.3, 0.4) is 0 Å². The lowest BCUT2D eigenvalue weighted by molar-refractivity contribution is -0.136. The number of aliphatic carboxylic acids is 1. The van der Waals surface area contributed by atoms with Gasteiger partial charge in [-0.3, -0.25) is 4.79 Å². The Bertz CT molecular complexity index is 450. The Hall–Kier alpha value is -1.07. The van der Waals surface area contributed by atoms with E-state index < -0.39 is 28.0 Å². The van der Waals surface area contributed by atoms with Gasteiger partial charge >= 0.3 is 5.97 Å². The molecule has 0 spiro atoms. The summed E-state index contributed by atoms with van der Waals surface area (Å²) < 4.78 is 23.1. The molecule has 1 aromatic carbocycles. The van der Waals surface area contributed by atoms with Crippen LogP contribution in [0.15, 0.2) is 29.2 Å². The maximum atomic E-state index is 11.5. The Labute approximate surface area is 92.4 Å². The van der Waals surface area contributed by atoms with Gasteiger partial charge in [-0.25, -0.2) is 8.42 Å². The fourth-order valence-electron chi connectivity index (χ4n) is 0.981. The largest absolute Gasteiger partial charge is 0.481 e. The number of rotatable bonds is 4. The van der Waals surface area contributed by atoms with Crippen LogP contribution in [0.2, 0.25) is 5.02 Å². The van der Waals surface area contributed by atoms with E-state index in [4.69, 9.17) is 16.7 Å². The standard InChI is InChI=1S/C9H9ClO4S/c10-7-1-3-8(4-2-7)15(13,14)6-5-9(11)12/h1-4H,5-6H2,(H,11,12). The molecule has 0 aromatic heterocycles. The highest BCUT2D eigenvalue weighted by molar-refractivity contribution is 7.91. The first kappa shape index (κ1) is 12.0. The van der Waals surface area contributed by atoms with Gasteiger partial charge in [-0.2, -0.15) is 0 Å². The Kier molecular flexibility index (Phi) is 3.71. The number of benzene rings is 1. The molecule has 1 rings (SSSR count). The predicted molar refractivity (Wildman–Crippen MR) is 55.8 cm³/mol. The molecule has 0 aliphatic heterocycles. The van der Waals surface area contributed by atoms with Gasteiger partial charge in [0.15, 0.2) is 9.84 Å². The van der Waals surface area contributed by atoms with Crippen molar-refractivity contribution in [1.82, 2.24) is 0 Å². The van der Waals surface area contributed by atoms with E-state index in [-0.39, 0.29) is 4.90 Å². The van der Waals surface area contributed by atoms with Crippen LogP contribution < -0.4 is 0 Å². The molecule has 15 heavy (non-hydrogen) atoms. The second-order valence-electron chi connectivity index (χ2n) is 2.92. The first-order chi connectivity index (χ1) is 6.92. The van der Waals surface area contributed by atoms with Crippen LogP contribution in [0.5, 0.6) is 0 Å². The minimum Gasteiger partial charge on any atom is -0.481 e. The molecule has 0 saturated heterocycles. The normalized spacial score (nSPS) is 11.3. The molecule has 6 heteroatoms. The van der Waals surface area contributed by atoms with Gasteiger partial charge in [0.25, 0.3) is 0 Å². The topological polar surface area (TPSA) is 71.4 Å². The zero-order valence-corrected chi connectivity index (χ0v) is 9.25. The summed E-state index contributed by atoms with van der Waals surface area (Å²) in [6, 6.07) is 5.63. The smallest absolute Gasteiger partial charge is 0.304 e. The number of halogens is 1. The van der Waals surface area contributed by atoms with Crippen LogP contribution in [0, 0.1) is 0 Å². The number of sulfone groups is 1. The van der Waals surface area contributed by atoms with Crippen LogP contribution in [0.25, 0.3) is 0 Å². The summed E-state index contributed by atoms with van der Waals surface area (Å²) in [5.74, 6) is -1.53. The van der Waals surface area contributed by atoms with E-state index >= 15 is 0 Å². The zero-order chi connectivity index (χ0) is 11.5. The van der Waals surface area contributed by atoms with Crippen molar-refractivity contribution in [2.24, 2.45) is 0 Å². The summed E-state index contributed by atoms with van der Waals surface area (Å²) in [6.45, 7) is 0. The molecule has 0 aliphatic rings. The Balaban J connectivity index is 2.87. The number of carbonyl (C=O) groups is 1. The SMILES string of the molecule is O=C(O)CCS(=O)(=O)c1ccc(Cl)cc1. The van der Waals surface area contributed by atoms with Gasteiger partial charge in [-0.1, -0.05) is 11.6 Å². The number of carboxylic acids is 1. The lowest BCUT2D eigenvalue weighted by Crippen LogP contribution is -2.10. The second-order valence-corrected chi connectivity index (χ2v) is 5.46. The molecule has 82 valence electrons. The molecule has 0 radical (unpaired) electrons. The highest BCUT2D eigenvalue weighted by atomic mass is 35.5. The molecule has 0 atom stereocenters. The van der Waals surface area contributed by atoms with Crippen molar-refractivity contribution in [2.75, 3.05) is 5.75 Å². The summed E-state index contributed by atoms with van der Waals surface area (Å²) in [5, 5.41) is 8.82. The maximum Gasteiger partial charge on any atom is 0.304 e. The third-order valence-electron chi connectivity index (χ3n) is 1.76. The second kappa shape index (κ2) is 4.63. The lowest BCUT2D eigenvalue weighted by atomic mass is 10.4. The van der Waals surface area contributed by atoms with Crippen molar-refractivity contribution in [3.05, 3.63) is 29.3 Å². The third kappa shape index (κ3) is 3.53. The van der Waals surface area contributed by atoms with Crippen molar-refractivity contribution in [1.29, 1.82) is 0 Å². The first-order valence-corrected chi connectivity index (χ1v) is 6.15. The number of carboxylic acid groups (broad SMARTS) is 1. The predicted octanol–water partition coefficient (Wildman–Crippen LogP) is 1.59. The van der Waals surface area contributed by atoms with E-state index in [1.165, 1.54) is 24.3 Å². The fraction of sp³-hybridized carbons (Fsp3) is 0.222. The zero-order valence-electron chi connectivity index (χ0n) is 7.68. The van der Waals surface area contributed by atoms with Crippen LogP contribution in [0.1, 0.15) is 6.42 Å². The van der Waals surface area contributed by atoms with Crippen LogP contribution in [0.4, 0.5) is 0 Å². The van der Waals surface area contributed by atoms with E-state index in [0.717, 1.165) is 0 Å². The van der Waals surface area contributed by atoms with Gasteiger partial charge in [0.1, 0.15) is 0 Å². The number of hydrogen-bond acceptors (Lipinski definition) is 3. The molecule has 0 saturated carbocycles. The van der Waals surface area contributed by atoms with Gasteiger partial charge < -0.3 is 5.11 Å². The van der Waals surface area contributed by atoms with Gasteiger partial charge in [0.05, 0.1) is 17.1 Å². The highest BCUT2D eigenvalue weighted by Crippen LogP contribution is 2.15. The Morgan fingerprint density at radius 3 is 2.27 bits per heavy atom. The van der Waals surface area contributed by atoms with Crippen molar-refractivity contribution < 1.29 is 18.3 Å². The molecule has 4 nitrogen and oxygen atoms in total. The lowest BCUT2D eigenvalue weighted by Gasteiger charge is -2.02. The van der Waals surface area contributed by atoms with Crippen molar-refractivity contribution >= 4 is 27.4 Å². The molecule has 1 aromatic rings. The molecule has 0 amide bonds. The third-order valence-corrected chi connectivity index (χ3v) is 3.74. The van der Waals surface area contributed by atoms with Crippen molar-refractivity contribution in [3.63, 3.8) is 0 Å². The number of hydrogen-bond donors (Lipinski definition) is 1. The Morgan fingerprint density at radius 2 is 1.80 bits per heavy atom. The molecule has 0 heterocycles. The molecule has 0 bridgehead atoms. The molecule has 0 unspecified atom stereocenters. The minimum atomic E-state index is -3.51. The summed E-state index contributed by atoms with van der Waals surface area (Å²) in [4.78, 5) is 10.3. The highest BCUT2D eigenvalue weighted by Gasteiger charge is 2.15. The summed E-state index contributed by atoms with van der Waals surface area (Å²) in [5.41, 5.74) is 0. The molecular formula is C9H9ClO4S. The van der Waals surface area contributed by atoms with Crippen molar-refractivity contribution in [3.8, 4) is 0 Å². The Morgan fingerprint density at radius 1 is 1.27 bits per heavy atom. The average molecular weight is 249 g/mol. The first-order valence-electron chi connectivity index (χ1n) is 4.12. The summed E-state index contributed by atoms with van der Waals surface area (Å²) in [6.07, 6.45) is -0.398. The van der Waals surface area contributed by atoms with Crippen LogP contribution in [-0.2, 0) is 14.6 Å². The minimum absolute atomic E-state index is 0.0909. The molecular weight excluding hydrogens is 240 g/mol. The van der Waals surface area contributed by atoms with Crippen LogP contribution in [-0.4, -0.2) is 25.2 Å². The molecule has 0 aliphatic carbocycles. The van der Waals surface area contributed by atoms with E-state index in [1.807, 2.05) is 0 Å². The maximum absolute atomic E-state index is 11.5. The van der Waals surface area contributed by atoms with Crippen molar-refractivity contribution in [2.45, 2.75) is 11.3 Å². The molecule has 1 N–H and O–H groups in total. The van der Waals surface area contributed by atoms with E-state index in [0.29, 0.717) is 5.02 Å². The van der Waals surface area contributed by atoms with E-state index in [1.54, 1.807) is 0 Å². The monoisotopic (exact) mass is 248 g/mol. The summed E-state index contributed by atoms with van der Waals surface area (Å²) >= 11 is 5.60. The fourth-order valence-corrected chi connectivity index (χ4v) is 2.34. The van der Waals surface area contributed by atoms with Gasteiger partial charge in [-0.15, -0.1) is 0 Å². The molecule has 0 fully saturated rings. The van der Waals surface area contributed by atoms with Gasteiger partial charge in [0.2, 0.25) is 0 Å². The van der Waals surface area contributed by atoms with E-state index in [2.05, 4.69) is 0 Å².